The lowest BCUT2D eigenvalue weighted by molar-refractivity contribution is 0.670. The predicted octanol–water partition coefficient (Wildman–Crippen LogP) is 17.9. The Kier molecular flexibility index (Phi) is 7.99. The fraction of sp³-hybridized carbons (Fsp3) is 0. The van der Waals surface area contributed by atoms with Crippen LogP contribution in [0, 0.1) is 0 Å². The molecule has 0 aliphatic rings. The van der Waals surface area contributed by atoms with Crippen LogP contribution in [0.4, 0.5) is 17.1 Å². The first-order valence-corrected chi connectivity index (χ1v) is 22.6. The summed E-state index contributed by atoms with van der Waals surface area (Å²) in [6.07, 6.45) is 0. The van der Waals surface area contributed by atoms with E-state index in [0.717, 1.165) is 44.6 Å². The van der Waals surface area contributed by atoms with Gasteiger partial charge in [-0.2, -0.15) is 0 Å². The Labute approximate surface area is 365 Å². The Morgan fingerprint density at radius 3 is 1.56 bits per heavy atom. The van der Waals surface area contributed by atoms with Crippen LogP contribution in [0.25, 0.3) is 106 Å². The molecule has 0 unspecified atom stereocenters. The van der Waals surface area contributed by atoms with E-state index in [9.17, 15) is 0 Å². The number of furan rings is 1. The van der Waals surface area contributed by atoms with Crippen molar-refractivity contribution in [2.75, 3.05) is 4.90 Å². The summed E-state index contributed by atoms with van der Waals surface area (Å²) in [7, 11) is 0. The summed E-state index contributed by atoms with van der Waals surface area (Å²) in [5, 5.41) is 9.81. The van der Waals surface area contributed by atoms with E-state index >= 15 is 0 Å². The fourth-order valence-corrected chi connectivity index (χ4v) is 12.0. The van der Waals surface area contributed by atoms with Crippen LogP contribution < -0.4 is 4.90 Å². The number of anilines is 3. The van der Waals surface area contributed by atoms with E-state index in [1.807, 2.05) is 22.7 Å². The van der Waals surface area contributed by atoms with Crippen LogP contribution in [0.5, 0.6) is 0 Å². The van der Waals surface area contributed by atoms with E-state index in [-0.39, 0.29) is 0 Å². The third-order valence-corrected chi connectivity index (χ3v) is 14.9. The first kappa shape index (κ1) is 35.3. The van der Waals surface area contributed by atoms with Gasteiger partial charge >= 0.3 is 0 Å². The van der Waals surface area contributed by atoms with E-state index in [2.05, 4.69) is 217 Å². The van der Waals surface area contributed by atoms with Gasteiger partial charge in [-0.25, -0.2) is 0 Å². The first-order valence-electron chi connectivity index (χ1n) is 21.0. The van der Waals surface area contributed by atoms with Crippen molar-refractivity contribution in [1.82, 2.24) is 0 Å². The van der Waals surface area contributed by atoms with E-state index in [4.69, 9.17) is 4.42 Å². The van der Waals surface area contributed by atoms with Crippen molar-refractivity contribution in [2.24, 2.45) is 0 Å². The normalized spacial score (nSPS) is 11.9. The number of nitrogens with zero attached hydrogens (tertiary/aromatic N) is 1. The first-order chi connectivity index (χ1) is 30.7. The van der Waals surface area contributed by atoms with Gasteiger partial charge in [-0.1, -0.05) is 152 Å². The summed E-state index contributed by atoms with van der Waals surface area (Å²) in [6.45, 7) is 0. The Morgan fingerprint density at radius 2 is 0.871 bits per heavy atom. The van der Waals surface area contributed by atoms with Crippen LogP contribution in [-0.2, 0) is 0 Å². The molecule has 3 aromatic heterocycles. The number of fused-ring (bicyclic) bond motifs is 10. The monoisotopic (exact) mass is 825 g/mol. The molecule has 0 saturated heterocycles. The molecule has 13 aromatic rings. The van der Waals surface area contributed by atoms with Crippen LogP contribution >= 0.6 is 22.7 Å². The zero-order valence-electron chi connectivity index (χ0n) is 33.4. The zero-order chi connectivity index (χ0) is 40.7. The van der Waals surface area contributed by atoms with E-state index in [1.54, 1.807) is 0 Å². The number of hydrogen-bond acceptors (Lipinski definition) is 4. The highest BCUT2D eigenvalue weighted by molar-refractivity contribution is 7.26. The molecule has 0 saturated carbocycles. The maximum absolute atomic E-state index is 7.13. The Morgan fingerprint density at radius 1 is 0.339 bits per heavy atom. The standard InChI is InChI=1S/C58H35NOS2/c1-2-12-36(13-3-1)37-24-28-40(29-25-37)59(41-30-26-38(27-31-41)44-18-10-19-48-46-16-6-8-22-53(46)61-57(44)48)42-32-33-45-51-34-39-14-4-5-15-43(39)55(56(51)60-52(45)35-42)50-21-11-20-49-47-17-7-9-23-54(47)62-58(49)50/h1-35H. The van der Waals surface area contributed by atoms with Gasteiger partial charge < -0.3 is 9.32 Å². The van der Waals surface area contributed by atoms with Crippen LogP contribution in [0.2, 0.25) is 0 Å². The fourth-order valence-electron chi connectivity index (χ4n) is 9.56. The van der Waals surface area contributed by atoms with Gasteiger partial charge in [-0.05, 0) is 87.6 Å². The highest BCUT2D eigenvalue weighted by Crippen LogP contribution is 2.48. The molecule has 10 aromatic carbocycles. The average molecular weight is 826 g/mol. The number of rotatable bonds is 6. The Bertz CT molecular complexity index is 3860. The second-order valence-electron chi connectivity index (χ2n) is 16.0. The molecule has 62 heavy (non-hydrogen) atoms. The molecule has 0 fully saturated rings. The molecule has 4 heteroatoms. The summed E-state index contributed by atoms with van der Waals surface area (Å²) in [6, 6.07) is 77.1. The number of hydrogen-bond donors (Lipinski definition) is 0. The van der Waals surface area contributed by atoms with Gasteiger partial charge in [-0.3, -0.25) is 0 Å². The van der Waals surface area contributed by atoms with Gasteiger partial charge in [0.05, 0.1) is 0 Å². The highest BCUT2D eigenvalue weighted by atomic mass is 32.1. The number of thiophene rings is 2. The van der Waals surface area contributed by atoms with Crippen LogP contribution in [0.1, 0.15) is 0 Å². The molecule has 0 N–H and O–H groups in total. The van der Waals surface area contributed by atoms with Gasteiger partial charge in [0.25, 0.3) is 0 Å². The third-order valence-electron chi connectivity index (χ3n) is 12.5. The maximum Gasteiger partial charge on any atom is 0.143 e. The summed E-state index contributed by atoms with van der Waals surface area (Å²) < 4.78 is 12.3. The molecular formula is C58H35NOS2. The molecule has 0 aliphatic heterocycles. The predicted molar refractivity (Wildman–Crippen MR) is 268 cm³/mol. The molecule has 13 rings (SSSR count). The lowest BCUT2D eigenvalue weighted by Gasteiger charge is -2.26. The lowest BCUT2D eigenvalue weighted by atomic mass is 9.94. The number of benzene rings is 10. The Balaban J connectivity index is 0.983. The summed E-state index contributed by atoms with van der Waals surface area (Å²) in [5.74, 6) is 0. The molecule has 0 aliphatic carbocycles. The minimum Gasteiger partial charge on any atom is -0.455 e. The SMILES string of the molecule is c1ccc(-c2ccc(N(c3ccc(-c4cccc5c4sc4ccccc45)cc3)c3ccc4c(c3)oc3c(-c5cccc6c5sc5ccccc56)c5ccccc5cc34)cc2)cc1. The molecular weight excluding hydrogens is 791 g/mol. The molecule has 0 atom stereocenters. The summed E-state index contributed by atoms with van der Waals surface area (Å²) in [4.78, 5) is 2.35. The molecule has 0 bridgehead atoms. The highest BCUT2D eigenvalue weighted by Gasteiger charge is 2.22. The van der Waals surface area contributed by atoms with E-state index in [1.165, 1.54) is 78.9 Å². The van der Waals surface area contributed by atoms with Crippen molar-refractivity contribution in [1.29, 1.82) is 0 Å². The quantitative estimate of drug-likeness (QED) is 0.166. The third kappa shape index (κ3) is 5.54. The zero-order valence-corrected chi connectivity index (χ0v) is 35.0. The van der Waals surface area contributed by atoms with Crippen LogP contribution in [-0.4, -0.2) is 0 Å². The molecule has 290 valence electrons. The van der Waals surface area contributed by atoms with Crippen LogP contribution in [0.3, 0.4) is 0 Å². The minimum absolute atomic E-state index is 0.858. The van der Waals surface area contributed by atoms with Crippen molar-refractivity contribution in [3.8, 4) is 33.4 Å². The smallest absolute Gasteiger partial charge is 0.143 e. The lowest BCUT2D eigenvalue weighted by Crippen LogP contribution is -2.09. The molecule has 0 spiro atoms. The summed E-state index contributed by atoms with van der Waals surface area (Å²) in [5.41, 5.74) is 12.1. The molecule has 0 radical (unpaired) electrons. The Hall–Kier alpha value is -7.50. The van der Waals surface area contributed by atoms with Crippen molar-refractivity contribution in [3.05, 3.63) is 212 Å². The van der Waals surface area contributed by atoms with Gasteiger partial charge in [0.2, 0.25) is 0 Å². The van der Waals surface area contributed by atoms with Crippen molar-refractivity contribution < 1.29 is 4.42 Å². The van der Waals surface area contributed by atoms with Gasteiger partial charge in [0.15, 0.2) is 0 Å². The van der Waals surface area contributed by atoms with Gasteiger partial charge in [-0.15, -0.1) is 22.7 Å². The topological polar surface area (TPSA) is 16.4 Å². The van der Waals surface area contributed by atoms with Gasteiger partial charge in [0.1, 0.15) is 11.2 Å². The second kappa shape index (κ2) is 14.0. The molecule has 3 heterocycles. The average Bonchev–Trinajstić information content (AvgIpc) is 4.03. The largest absolute Gasteiger partial charge is 0.455 e. The van der Waals surface area contributed by atoms with Crippen LogP contribution in [0.15, 0.2) is 217 Å². The minimum atomic E-state index is 0.858. The van der Waals surface area contributed by atoms with Gasteiger partial charge in [0, 0.05) is 85.4 Å². The van der Waals surface area contributed by atoms with Crippen molar-refractivity contribution in [3.63, 3.8) is 0 Å². The van der Waals surface area contributed by atoms with Crippen molar-refractivity contribution >= 4 is 113 Å². The van der Waals surface area contributed by atoms with E-state index < -0.39 is 0 Å². The molecule has 2 nitrogen and oxygen atoms in total. The van der Waals surface area contributed by atoms with E-state index in [0.29, 0.717) is 0 Å². The maximum atomic E-state index is 7.13. The second-order valence-corrected chi connectivity index (χ2v) is 18.1. The van der Waals surface area contributed by atoms with Crippen molar-refractivity contribution in [2.45, 2.75) is 0 Å². The summed E-state index contributed by atoms with van der Waals surface area (Å²) >= 11 is 3.73. The molecule has 0 amide bonds.